The van der Waals surface area contributed by atoms with Crippen LogP contribution in [0.2, 0.25) is 0 Å². The van der Waals surface area contributed by atoms with E-state index in [1.807, 2.05) is 24.4 Å². The average molecular weight is 401 g/mol. The van der Waals surface area contributed by atoms with E-state index < -0.39 is 0 Å². The molecule has 9 heteroatoms. The molecule has 2 aromatic heterocycles. The Morgan fingerprint density at radius 2 is 2.00 bits per heavy atom. The van der Waals surface area contributed by atoms with Gasteiger partial charge in [0.2, 0.25) is 0 Å². The second-order valence-electron chi connectivity index (χ2n) is 6.58. The first-order chi connectivity index (χ1) is 13.5. The summed E-state index contributed by atoms with van der Waals surface area (Å²) < 4.78 is 18.9. The van der Waals surface area contributed by atoms with Crippen molar-refractivity contribution in [1.29, 1.82) is 0 Å². The largest absolute Gasteiger partial charge is 0.478 e. The van der Waals surface area contributed by atoms with Crippen LogP contribution in [0.25, 0.3) is 10.3 Å². The summed E-state index contributed by atoms with van der Waals surface area (Å²) in [6.45, 7) is 4.18. The van der Waals surface area contributed by atoms with Crippen LogP contribution in [0.1, 0.15) is 5.56 Å². The monoisotopic (exact) mass is 401 g/mol. The number of thiophene rings is 1. The molecule has 1 aromatic carbocycles. The van der Waals surface area contributed by atoms with E-state index >= 15 is 0 Å². The summed E-state index contributed by atoms with van der Waals surface area (Å²) in [7, 11) is 1.50. The first-order valence-corrected chi connectivity index (χ1v) is 9.79. The van der Waals surface area contributed by atoms with Gasteiger partial charge in [-0.05, 0) is 42.1 Å². The first-order valence-electron chi connectivity index (χ1n) is 8.91. The summed E-state index contributed by atoms with van der Waals surface area (Å²) in [5.41, 5.74) is 2.46. The van der Waals surface area contributed by atoms with Gasteiger partial charge in [-0.3, -0.25) is 5.32 Å². The van der Waals surface area contributed by atoms with Gasteiger partial charge < -0.3 is 14.5 Å². The van der Waals surface area contributed by atoms with E-state index in [4.69, 9.17) is 4.74 Å². The Labute approximate surface area is 165 Å². The lowest BCUT2D eigenvalue weighted by Crippen LogP contribution is -2.50. The lowest BCUT2D eigenvalue weighted by Gasteiger charge is -2.36. The van der Waals surface area contributed by atoms with Gasteiger partial charge in [0.05, 0.1) is 7.11 Å². The van der Waals surface area contributed by atoms with Gasteiger partial charge in [-0.2, -0.15) is 0 Å². The molecule has 146 valence electrons. The summed E-state index contributed by atoms with van der Waals surface area (Å²) in [5, 5.41) is 4.69. The summed E-state index contributed by atoms with van der Waals surface area (Å²) >= 11 is 1.45. The molecular formula is C19H20FN5O2S. The molecule has 2 amide bonds. The SMILES string of the molecule is COc1nc2ccsc2nc1NC(=O)N1CCN(c2cc(C)cc(F)c2)CC1. The number of rotatable bonds is 3. The van der Waals surface area contributed by atoms with Crippen molar-refractivity contribution in [1.82, 2.24) is 14.9 Å². The molecule has 0 bridgehead atoms. The maximum absolute atomic E-state index is 13.7. The normalized spacial score (nSPS) is 14.4. The van der Waals surface area contributed by atoms with Gasteiger partial charge in [0, 0.05) is 31.9 Å². The summed E-state index contributed by atoms with van der Waals surface area (Å²) in [4.78, 5) is 26.0. The molecule has 3 aromatic rings. The number of piperazine rings is 1. The minimum atomic E-state index is -0.251. The minimum absolute atomic E-state index is 0.246. The summed E-state index contributed by atoms with van der Waals surface area (Å²) in [5.74, 6) is 0.351. The zero-order chi connectivity index (χ0) is 19.7. The Morgan fingerprint density at radius 1 is 1.21 bits per heavy atom. The van der Waals surface area contributed by atoms with Crippen molar-refractivity contribution < 1.29 is 13.9 Å². The van der Waals surface area contributed by atoms with Gasteiger partial charge in [-0.15, -0.1) is 11.3 Å². The molecule has 0 saturated carbocycles. The van der Waals surface area contributed by atoms with Gasteiger partial charge in [-0.1, -0.05) is 0 Å². The molecule has 0 aliphatic carbocycles. The zero-order valence-electron chi connectivity index (χ0n) is 15.6. The number of halogens is 1. The first kappa shape index (κ1) is 18.4. The number of nitrogens with one attached hydrogen (secondary N) is 1. The number of anilines is 2. The Morgan fingerprint density at radius 3 is 2.71 bits per heavy atom. The molecule has 1 N–H and O–H groups in total. The number of nitrogens with zero attached hydrogens (tertiary/aromatic N) is 4. The second kappa shape index (κ2) is 7.59. The fourth-order valence-electron chi connectivity index (χ4n) is 3.25. The van der Waals surface area contributed by atoms with Crippen molar-refractivity contribution in [2.45, 2.75) is 6.92 Å². The summed E-state index contributed by atoms with van der Waals surface area (Å²) in [6, 6.07) is 6.59. The quantitative estimate of drug-likeness (QED) is 0.727. The van der Waals surface area contributed by atoms with E-state index in [1.165, 1.54) is 30.6 Å². The van der Waals surface area contributed by atoms with Crippen molar-refractivity contribution in [3.8, 4) is 5.88 Å². The molecule has 0 spiro atoms. The number of amides is 2. The van der Waals surface area contributed by atoms with Crippen LogP contribution in [0.15, 0.2) is 29.6 Å². The lowest BCUT2D eigenvalue weighted by molar-refractivity contribution is 0.208. The Hall–Kier alpha value is -2.94. The highest BCUT2D eigenvalue weighted by molar-refractivity contribution is 7.16. The number of ether oxygens (including phenoxy) is 1. The van der Waals surface area contributed by atoms with Gasteiger partial charge in [0.25, 0.3) is 5.88 Å². The number of aryl methyl sites for hydroxylation is 1. The Balaban J connectivity index is 1.43. The fourth-order valence-corrected chi connectivity index (χ4v) is 3.95. The summed E-state index contributed by atoms with van der Waals surface area (Å²) in [6.07, 6.45) is 0. The van der Waals surface area contributed by atoms with E-state index in [0.717, 1.165) is 21.6 Å². The molecule has 4 rings (SSSR count). The number of hydrogen-bond acceptors (Lipinski definition) is 6. The molecule has 28 heavy (non-hydrogen) atoms. The number of urea groups is 1. The maximum Gasteiger partial charge on any atom is 0.323 e. The predicted octanol–water partition coefficient (Wildman–Crippen LogP) is 3.50. The van der Waals surface area contributed by atoms with E-state index in [-0.39, 0.29) is 17.7 Å². The lowest BCUT2D eigenvalue weighted by atomic mass is 10.2. The van der Waals surface area contributed by atoms with Crippen LogP contribution in [-0.2, 0) is 0 Å². The van der Waals surface area contributed by atoms with E-state index in [9.17, 15) is 9.18 Å². The molecule has 1 fully saturated rings. The fraction of sp³-hybridized carbons (Fsp3) is 0.316. The molecule has 7 nitrogen and oxygen atoms in total. The van der Waals surface area contributed by atoms with Crippen LogP contribution in [0, 0.1) is 12.7 Å². The molecule has 0 atom stereocenters. The van der Waals surface area contributed by atoms with Crippen LogP contribution in [0.4, 0.5) is 20.7 Å². The van der Waals surface area contributed by atoms with Gasteiger partial charge in [0.1, 0.15) is 16.2 Å². The van der Waals surface area contributed by atoms with E-state index in [1.54, 1.807) is 4.90 Å². The average Bonchev–Trinajstić information content (AvgIpc) is 3.14. The third kappa shape index (κ3) is 3.70. The Kier molecular flexibility index (Phi) is 4.99. The van der Waals surface area contributed by atoms with Crippen LogP contribution < -0.4 is 15.0 Å². The Bertz CT molecular complexity index is 996. The molecule has 1 aliphatic rings. The van der Waals surface area contributed by atoms with Crippen LogP contribution >= 0.6 is 11.3 Å². The van der Waals surface area contributed by atoms with Crippen LogP contribution in [-0.4, -0.2) is 54.2 Å². The minimum Gasteiger partial charge on any atom is -0.478 e. The topological polar surface area (TPSA) is 70.6 Å². The van der Waals surface area contributed by atoms with Gasteiger partial charge in [-0.25, -0.2) is 19.2 Å². The number of hydrogen-bond donors (Lipinski definition) is 1. The van der Waals surface area contributed by atoms with Crippen molar-refractivity contribution in [2.24, 2.45) is 0 Å². The number of benzene rings is 1. The standard InChI is InChI=1S/C19H20FN5O2S/c1-12-9-13(20)11-14(10-12)24-4-6-25(7-5-24)19(26)23-16-17(27-2)21-15-3-8-28-18(15)22-16/h3,8-11H,4-7H2,1-2H3,(H,22,23,26). The molecule has 1 aliphatic heterocycles. The maximum atomic E-state index is 13.7. The van der Waals surface area contributed by atoms with Crippen molar-refractivity contribution >= 4 is 39.2 Å². The van der Waals surface area contributed by atoms with E-state index in [2.05, 4.69) is 20.2 Å². The number of fused-ring (bicyclic) bond motifs is 1. The second-order valence-corrected chi connectivity index (χ2v) is 7.48. The van der Waals surface area contributed by atoms with Crippen LogP contribution in [0.5, 0.6) is 5.88 Å². The zero-order valence-corrected chi connectivity index (χ0v) is 16.4. The molecule has 0 unspecified atom stereocenters. The van der Waals surface area contributed by atoms with Gasteiger partial charge >= 0.3 is 6.03 Å². The molecular weight excluding hydrogens is 381 g/mol. The number of methoxy groups -OCH3 is 1. The smallest absolute Gasteiger partial charge is 0.323 e. The predicted molar refractivity (Wildman–Crippen MR) is 108 cm³/mol. The van der Waals surface area contributed by atoms with E-state index in [0.29, 0.717) is 32.0 Å². The highest BCUT2D eigenvalue weighted by Crippen LogP contribution is 2.26. The van der Waals surface area contributed by atoms with Crippen molar-refractivity contribution in [3.63, 3.8) is 0 Å². The third-order valence-corrected chi connectivity index (χ3v) is 5.44. The van der Waals surface area contributed by atoms with Crippen molar-refractivity contribution in [2.75, 3.05) is 43.5 Å². The van der Waals surface area contributed by atoms with Crippen molar-refractivity contribution in [3.05, 3.63) is 41.0 Å². The number of aromatic nitrogens is 2. The highest BCUT2D eigenvalue weighted by Gasteiger charge is 2.23. The third-order valence-electron chi connectivity index (χ3n) is 4.64. The molecule has 1 saturated heterocycles. The van der Waals surface area contributed by atoms with Gasteiger partial charge in [0.15, 0.2) is 5.82 Å². The molecule has 3 heterocycles. The molecule has 0 radical (unpaired) electrons. The number of carbonyl (C=O) groups is 1. The number of carbonyl (C=O) groups excluding carboxylic acids is 1. The van der Waals surface area contributed by atoms with Crippen LogP contribution in [0.3, 0.4) is 0 Å². The highest BCUT2D eigenvalue weighted by atomic mass is 32.1.